The molecule has 1 atom stereocenters. The molecule has 146 valence electrons. The molecule has 2 heteroatoms. The van der Waals surface area contributed by atoms with E-state index < -0.39 is 0 Å². The van der Waals surface area contributed by atoms with Crippen LogP contribution in [-0.4, -0.2) is 25.7 Å². The highest BCUT2D eigenvalue weighted by Gasteiger charge is 2.21. The Hall–Kier alpha value is -1.64. The van der Waals surface area contributed by atoms with Crippen molar-refractivity contribution in [1.29, 1.82) is 0 Å². The molecule has 0 bridgehead atoms. The third-order valence-electron chi connectivity index (χ3n) is 6.12. The van der Waals surface area contributed by atoms with Gasteiger partial charge in [0.25, 0.3) is 0 Å². The first-order valence-electron chi connectivity index (χ1n) is 10.9. The van der Waals surface area contributed by atoms with Crippen molar-refractivity contribution in [1.82, 2.24) is 10.6 Å². The van der Waals surface area contributed by atoms with Gasteiger partial charge in [-0.25, -0.2) is 0 Å². The molecule has 2 N–H and O–H groups in total. The SMILES string of the molecule is CC[C@H](NCCNCC(c1ccccc1)c1ccccc1)C1CCCCC1. The first-order valence-corrected chi connectivity index (χ1v) is 10.9. The molecule has 1 aliphatic carbocycles. The third-order valence-corrected chi connectivity index (χ3v) is 6.12. The van der Waals surface area contributed by atoms with Crippen LogP contribution in [0.4, 0.5) is 0 Å². The van der Waals surface area contributed by atoms with Crippen molar-refractivity contribution in [3.8, 4) is 0 Å². The molecule has 0 aliphatic heterocycles. The summed E-state index contributed by atoms with van der Waals surface area (Å²) in [4.78, 5) is 0. The first-order chi connectivity index (χ1) is 13.4. The van der Waals surface area contributed by atoms with Crippen LogP contribution in [0.2, 0.25) is 0 Å². The molecule has 2 nitrogen and oxygen atoms in total. The van der Waals surface area contributed by atoms with Gasteiger partial charge in [0.05, 0.1) is 0 Å². The molecule has 0 radical (unpaired) electrons. The summed E-state index contributed by atoms with van der Waals surface area (Å²) in [6, 6.07) is 22.4. The molecule has 2 aromatic carbocycles. The van der Waals surface area contributed by atoms with Crippen LogP contribution in [-0.2, 0) is 0 Å². The predicted octanol–water partition coefficient (Wildman–Crippen LogP) is 5.36. The zero-order valence-electron chi connectivity index (χ0n) is 16.9. The Morgan fingerprint density at radius 2 is 1.41 bits per heavy atom. The van der Waals surface area contributed by atoms with Crippen LogP contribution in [0.1, 0.15) is 62.5 Å². The van der Waals surface area contributed by atoms with Crippen LogP contribution in [0.3, 0.4) is 0 Å². The lowest BCUT2D eigenvalue weighted by molar-refractivity contribution is 0.263. The molecule has 2 aromatic rings. The largest absolute Gasteiger partial charge is 0.315 e. The van der Waals surface area contributed by atoms with E-state index in [1.165, 1.54) is 49.7 Å². The Morgan fingerprint density at radius 1 is 0.815 bits per heavy atom. The molecule has 0 saturated heterocycles. The summed E-state index contributed by atoms with van der Waals surface area (Å²) in [5.41, 5.74) is 2.77. The van der Waals surface area contributed by atoms with E-state index in [1.807, 2.05) is 0 Å². The fourth-order valence-corrected chi connectivity index (χ4v) is 4.57. The van der Waals surface area contributed by atoms with Gasteiger partial charge in [0.15, 0.2) is 0 Å². The van der Waals surface area contributed by atoms with Crippen LogP contribution in [0.5, 0.6) is 0 Å². The van der Waals surface area contributed by atoms with E-state index >= 15 is 0 Å². The molecule has 3 rings (SSSR count). The highest BCUT2D eigenvalue weighted by molar-refractivity contribution is 5.32. The number of hydrogen-bond acceptors (Lipinski definition) is 2. The molecular formula is C25H36N2. The first kappa shape index (κ1) is 20.1. The zero-order valence-corrected chi connectivity index (χ0v) is 16.9. The lowest BCUT2D eigenvalue weighted by atomic mass is 9.83. The molecule has 0 aromatic heterocycles. The summed E-state index contributed by atoms with van der Waals surface area (Å²) in [5.74, 6) is 1.30. The van der Waals surface area contributed by atoms with Crippen molar-refractivity contribution in [2.75, 3.05) is 19.6 Å². The van der Waals surface area contributed by atoms with Crippen molar-refractivity contribution in [2.24, 2.45) is 5.92 Å². The normalized spacial score (nSPS) is 16.5. The van der Waals surface area contributed by atoms with Crippen LogP contribution in [0, 0.1) is 5.92 Å². The van der Waals surface area contributed by atoms with Gasteiger partial charge in [0.2, 0.25) is 0 Å². The Kier molecular flexibility index (Phi) is 8.38. The Labute approximate surface area is 165 Å². The van der Waals surface area contributed by atoms with Crippen LogP contribution >= 0.6 is 0 Å². The highest BCUT2D eigenvalue weighted by Crippen LogP contribution is 2.27. The molecule has 0 unspecified atom stereocenters. The van der Waals surface area contributed by atoms with Crippen LogP contribution in [0.25, 0.3) is 0 Å². The van der Waals surface area contributed by atoms with Gasteiger partial charge in [-0.1, -0.05) is 86.8 Å². The summed E-state index contributed by atoms with van der Waals surface area (Å²) >= 11 is 0. The van der Waals surface area contributed by atoms with Gasteiger partial charge in [0, 0.05) is 31.6 Å². The fourth-order valence-electron chi connectivity index (χ4n) is 4.57. The van der Waals surface area contributed by atoms with E-state index in [1.54, 1.807) is 0 Å². The average Bonchev–Trinajstić information content (AvgIpc) is 2.75. The van der Waals surface area contributed by atoms with Gasteiger partial charge in [-0.2, -0.15) is 0 Å². The quantitative estimate of drug-likeness (QED) is 0.555. The zero-order chi connectivity index (χ0) is 18.7. The summed E-state index contributed by atoms with van der Waals surface area (Å²) in [6.07, 6.45) is 8.38. The van der Waals surface area contributed by atoms with E-state index in [-0.39, 0.29) is 0 Å². The van der Waals surface area contributed by atoms with Crippen molar-refractivity contribution in [3.05, 3.63) is 71.8 Å². The molecule has 27 heavy (non-hydrogen) atoms. The van der Waals surface area contributed by atoms with Gasteiger partial charge in [-0.15, -0.1) is 0 Å². The standard InChI is InChI=1S/C25H36N2/c1-2-25(23-16-10-5-11-17-23)27-19-18-26-20-24(21-12-6-3-7-13-21)22-14-8-4-9-15-22/h3-4,6-9,12-15,23-27H,2,5,10-11,16-20H2,1H3/t25-/m0/s1. The Morgan fingerprint density at radius 3 is 1.96 bits per heavy atom. The van der Waals surface area contributed by atoms with E-state index in [4.69, 9.17) is 0 Å². The van der Waals surface area contributed by atoms with Gasteiger partial charge in [0.1, 0.15) is 0 Å². The van der Waals surface area contributed by atoms with Gasteiger partial charge in [-0.3, -0.25) is 0 Å². The van der Waals surface area contributed by atoms with Crippen molar-refractivity contribution in [2.45, 2.75) is 57.4 Å². The van der Waals surface area contributed by atoms with Crippen molar-refractivity contribution < 1.29 is 0 Å². The molecule has 0 heterocycles. The summed E-state index contributed by atoms with van der Waals surface area (Å²) in [6.45, 7) is 5.40. The highest BCUT2D eigenvalue weighted by atomic mass is 15.0. The second kappa shape index (κ2) is 11.3. The number of benzene rings is 2. The van der Waals surface area contributed by atoms with E-state index in [9.17, 15) is 0 Å². The summed E-state index contributed by atoms with van der Waals surface area (Å²) in [5, 5.41) is 7.53. The predicted molar refractivity (Wildman–Crippen MR) is 116 cm³/mol. The molecular weight excluding hydrogens is 328 g/mol. The van der Waals surface area contributed by atoms with E-state index in [0.29, 0.717) is 12.0 Å². The van der Waals surface area contributed by atoms with Crippen LogP contribution < -0.4 is 10.6 Å². The topological polar surface area (TPSA) is 24.1 Å². The minimum atomic E-state index is 0.410. The molecule has 1 saturated carbocycles. The van der Waals surface area contributed by atoms with E-state index in [0.717, 1.165) is 25.6 Å². The lowest BCUT2D eigenvalue weighted by Gasteiger charge is -2.30. The minimum Gasteiger partial charge on any atom is -0.315 e. The average molecular weight is 365 g/mol. The second-order valence-electron chi connectivity index (χ2n) is 7.95. The smallest absolute Gasteiger partial charge is 0.0214 e. The van der Waals surface area contributed by atoms with Crippen molar-refractivity contribution in [3.63, 3.8) is 0 Å². The third kappa shape index (κ3) is 6.19. The van der Waals surface area contributed by atoms with E-state index in [2.05, 4.69) is 78.2 Å². The molecule has 1 fully saturated rings. The summed E-state index contributed by atoms with van der Waals surface area (Å²) in [7, 11) is 0. The second-order valence-corrected chi connectivity index (χ2v) is 7.95. The molecule has 1 aliphatic rings. The molecule has 0 amide bonds. The maximum atomic E-state index is 3.83. The van der Waals surface area contributed by atoms with Gasteiger partial charge < -0.3 is 10.6 Å². The number of hydrogen-bond donors (Lipinski definition) is 2. The fraction of sp³-hybridized carbons (Fsp3) is 0.520. The Bertz CT molecular complexity index is 580. The maximum absolute atomic E-state index is 3.83. The maximum Gasteiger partial charge on any atom is 0.0214 e. The van der Waals surface area contributed by atoms with Gasteiger partial charge in [-0.05, 0) is 36.3 Å². The Balaban J connectivity index is 1.48. The number of rotatable bonds is 10. The van der Waals surface area contributed by atoms with Gasteiger partial charge >= 0.3 is 0 Å². The minimum absolute atomic E-state index is 0.410. The molecule has 0 spiro atoms. The van der Waals surface area contributed by atoms with Crippen LogP contribution in [0.15, 0.2) is 60.7 Å². The summed E-state index contributed by atoms with van der Waals surface area (Å²) < 4.78 is 0. The lowest BCUT2D eigenvalue weighted by Crippen LogP contribution is -2.40. The number of nitrogens with one attached hydrogen (secondary N) is 2. The monoisotopic (exact) mass is 364 g/mol. The van der Waals surface area contributed by atoms with Crippen molar-refractivity contribution >= 4 is 0 Å².